The van der Waals surface area contributed by atoms with Crippen molar-refractivity contribution >= 4 is 27.4 Å². The van der Waals surface area contributed by atoms with Crippen LogP contribution in [0.5, 0.6) is 0 Å². The number of primary amides is 1. The normalized spacial score (nSPS) is 18.3. The zero-order valence-corrected chi connectivity index (χ0v) is 16.9. The van der Waals surface area contributed by atoms with Crippen molar-refractivity contribution in [1.29, 1.82) is 0 Å². The lowest BCUT2D eigenvalue weighted by atomic mass is 10.1. The number of hydrogen-bond donors (Lipinski definition) is 2. The van der Waals surface area contributed by atoms with Crippen LogP contribution in [0.4, 0.5) is 16.3 Å². The quantitative estimate of drug-likeness (QED) is 0.754. The zero-order valence-electron chi connectivity index (χ0n) is 16.1. The lowest BCUT2D eigenvalue weighted by Crippen LogP contribution is -2.37. The summed E-state index contributed by atoms with van der Waals surface area (Å²) < 4.78 is 29.4. The summed E-state index contributed by atoms with van der Waals surface area (Å²) in [5.74, 6) is 1.15. The smallest absolute Gasteiger partial charge is 0.316 e. The van der Waals surface area contributed by atoms with Gasteiger partial charge in [-0.3, -0.25) is 0 Å². The number of nitrogens with two attached hydrogens (primary N) is 1. The van der Waals surface area contributed by atoms with Crippen LogP contribution in [-0.2, 0) is 19.3 Å². The number of carbonyl (C=O) groups is 1. The summed E-state index contributed by atoms with van der Waals surface area (Å²) in [5.41, 5.74) is 6.96. The number of morpholine rings is 1. The molecule has 1 saturated carbocycles. The topological polar surface area (TPSA) is 128 Å². The molecule has 2 aliphatic rings. The van der Waals surface area contributed by atoms with Crippen LogP contribution >= 0.6 is 0 Å². The molecule has 9 nitrogen and oxygen atoms in total. The lowest BCUT2D eigenvalue weighted by molar-refractivity contribution is 0.122. The predicted octanol–water partition coefficient (Wildman–Crippen LogP) is 1.50. The van der Waals surface area contributed by atoms with E-state index in [0.717, 1.165) is 5.56 Å². The number of sulfone groups is 1. The van der Waals surface area contributed by atoms with Gasteiger partial charge in [-0.15, -0.1) is 0 Å². The van der Waals surface area contributed by atoms with Crippen molar-refractivity contribution in [2.24, 2.45) is 5.73 Å². The third-order valence-electron chi connectivity index (χ3n) is 5.34. The molecule has 1 aliphatic carbocycles. The maximum absolute atomic E-state index is 12.5. The van der Waals surface area contributed by atoms with Gasteiger partial charge in [0.25, 0.3) is 0 Å². The van der Waals surface area contributed by atoms with E-state index in [1.54, 1.807) is 30.3 Å². The van der Waals surface area contributed by atoms with Crippen LogP contribution in [0.1, 0.15) is 18.5 Å². The molecule has 154 valence electrons. The molecule has 2 heterocycles. The van der Waals surface area contributed by atoms with Crippen molar-refractivity contribution in [3.63, 3.8) is 0 Å². The van der Waals surface area contributed by atoms with E-state index in [2.05, 4.69) is 15.2 Å². The SMILES string of the molecule is CS(=O)(=O)C1(c2cc(N3CCOCC3)nc(-c3ccc(NC(N)=O)cc3)n2)CC1. The van der Waals surface area contributed by atoms with Gasteiger partial charge in [0.1, 0.15) is 10.6 Å². The van der Waals surface area contributed by atoms with Crippen LogP contribution in [0.3, 0.4) is 0 Å². The van der Waals surface area contributed by atoms with Crippen molar-refractivity contribution in [3.05, 3.63) is 36.0 Å². The third kappa shape index (κ3) is 3.90. The molecule has 1 aromatic carbocycles. The van der Waals surface area contributed by atoms with Gasteiger partial charge in [0, 0.05) is 36.7 Å². The van der Waals surface area contributed by atoms with Crippen molar-refractivity contribution in [3.8, 4) is 11.4 Å². The fraction of sp³-hybridized carbons (Fsp3) is 0.421. The first-order chi connectivity index (χ1) is 13.8. The summed E-state index contributed by atoms with van der Waals surface area (Å²) >= 11 is 0. The summed E-state index contributed by atoms with van der Waals surface area (Å²) in [5, 5.41) is 2.51. The first kappa shape index (κ1) is 19.6. The van der Waals surface area contributed by atoms with E-state index < -0.39 is 20.6 Å². The average molecular weight is 417 g/mol. The fourth-order valence-corrected chi connectivity index (χ4v) is 4.85. The van der Waals surface area contributed by atoms with E-state index in [0.29, 0.717) is 62.2 Å². The van der Waals surface area contributed by atoms with Gasteiger partial charge < -0.3 is 20.7 Å². The van der Waals surface area contributed by atoms with Gasteiger partial charge >= 0.3 is 6.03 Å². The Hall–Kier alpha value is -2.72. The van der Waals surface area contributed by atoms with Crippen LogP contribution in [-0.4, -0.2) is 57.0 Å². The minimum absolute atomic E-state index is 0.449. The molecule has 1 saturated heterocycles. The molecule has 0 atom stereocenters. The number of nitrogens with zero attached hydrogens (tertiary/aromatic N) is 3. The summed E-state index contributed by atoms with van der Waals surface area (Å²) in [6.45, 7) is 2.56. The van der Waals surface area contributed by atoms with Crippen molar-refractivity contribution in [2.45, 2.75) is 17.6 Å². The predicted molar refractivity (Wildman–Crippen MR) is 109 cm³/mol. The van der Waals surface area contributed by atoms with Gasteiger partial charge in [-0.2, -0.15) is 0 Å². The van der Waals surface area contributed by atoms with E-state index in [1.807, 2.05) is 0 Å². The number of carbonyl (C=O) groups excluding carboxylic acids is 1. The molecule has 1 aliphatic heterocycles. The third-order valence-corrected chi connectivity index (χ3v) is 7.38. The Balaban J connectivity index is 1.76. The Bertz CT molecular complexity index is 1030. The highest BCUT2D eigenvalue weighted by atomic mass is 32.2. The van der Waals surface area contributed by atoms with Crippen molar-refractivity contribution in [1.82, 2.24) is 9.97 Å². The van der Waals surface area contributed by atoms with E-state index in [4.69, 9.17) is 15.5 Å². The number of urea groups is 1. The van der Waals surface area contributed by atoms with Crippen molar-refractivity contribution in [2.75, 3.05) is 42.8 Å². The number of amides is 2. The Morgan fingerprint density at radius 2 is 1.83 bits per heavy atom. The minimum atomic E-state index is -3.31. The van der Waals surface area contributed by atoms with Crippen LogP contribution in [0.25, 0.3) is 11.4 Å². The van der Waals surface area contributed by atoms with E-state index in [9.17, 15) is 13.2 Å². The van der Waals surface area contributed by atoms with E-state index in [1.165, 1.54) is 6.26 Å². The highest BCUT2D eigenvalue weighted by Crippen LogP contribution is 2.52. The Morgan fingerprint density at radius 1 is 1.17 bits per heavy atom. The molecule has 0 radical (unpaired) electrons. The number of rotatable bonds is 5. The molecule has 4 rings (SSSR count). The number of aromatic nitrogens is 2. The largest absolute Gasteiger partial charge is 0.378 e. The molecule has 10 heteroatoms. The first-order valence-corrected chi connectivity index (χ1v) is 11.3. The second kappa shape index (κ2) is 7.27. The van der Waals surface area contributed by atoms with Crippen LogP contribution in [0.15, 0.2) is 30.3 Å². The number of ether oxygens (including phenoxy) is 1. The van der Waals surface area contributed by atoms with Crippen LogP contribution in [0.2, 0.25) is 0 Å². The van der Waals surface area contributed by atoms with Crippen LogP contribution in [0, 0.1) is 0 Å². The zero-order chi connectivity index (χ0) is 20.6. The number of benzene rings is 1. The second-order valence-electron chi connectivity index (χ2n) is 7.37. The monoisotopic (exact) mass is 417 g/mol. The summed E-state index contributed by atoms with van der Waals surface area (Å²) in [4.78, 5) is 22.4. The highest BCUT2D eigenvalue weighted by Gasteiger charge is 2.55. The fourth-order valence-electron chi connectivity index (χ4n) is 3.53. The second-order valence-corrected chi connectivity index (χ2v) is 9.69. The van der Waals surface area contributed by atoms with Gasteiger partial charge in [0.05, 0.1) is 18.9 Å². The van der Waals surface area contributed by atoms with Gasteiger partial charge in [-0.1, -0.05) is 0 Å². The maximum atomic E-state index is 12.5. The Labute approximate surface area is 169 Å². The van der Waals surface area contributed by atoms with Gasteiger partial charge in [-0.25, -0.2) is 23.2 Å². The lowest BCUT2D eigenvalue weighted by Gasteiger charge is -2.29. The summed E-state index contributed by atoms with van der Waals surface area (Å²) in [6, 6.07) is 8.10. The minimum Gasteiger partial charge on any atom is -0.378 e. The van der Waals surface area contributed by atoms with Gasteiger partial charge in [-0.05, 0) is 37.1 Å². The number of hydrogen-bond acceptors (Lipinski definition) is 7. The molecule has 3 N–H and O–H groups in total. The molecule has 0 unspecified atom stereocenters. The first-order valence-electron chi connectivity index (χ1n) is 9.37. The van der Waals surface area contributed by atoms with E-state index in [-0.39, 0.29) is 0 Å². The number of anilines is 2. The standard InChI is InChI=1S/C19H23N5O4S/c1-29(26,27)19(6-7-19)15-12-16(24-8-10-28-11-9-24)23-17(22-15)13-2-4-14(5-3-13)21-18(20)25/h2-5,12H,6-11H2,1H3,(H3,20,21,25). The average Bonchev–Trinajstić information content (AvgIpc) is 3.51. The van der Waals surface area contributed by atoms with Crippen LogP contribution < -0.4 is 16.0 Å². The summed E-state index contributed by atoms with van der Waals surface area (Å²) in [6.07, 6.45) is 2.39. The van der Waals surface area contributed by atoms with E-state index >= 15 is 0 Å². The molecule has 0 bridgehead atoms. The molecular weight excluding hydrogens is 394 g/mol. The molecule has 0 spiro atoms. The molecule has 2 amide bonds. The molecule has 2 fully saturated rings. The highest BCUT2D eigenvalue weighted by molar-refractivity contribution is 7.91. The van der Waals surface area contributed by atoms with Gasteiger partial charge in [0.2, 0.25) is 0 Å². The van der Waals surface area contributed by atoms with Crippen molar-refractivity contribution < 1.29 is 17.9 Å². The Kier molecular flexibility index (Phi) is 4.91. The van der Waals surface area contributed by atoms with Gasteiger partial charge in [0.15, 0.2) is 15.7 Å². The maximum Gasteiger partial charge on any atom is 0.316 e. The Morgan fingerprint density at radius 3 is 2.38 bits per heavy atom. The number of nitrogens with one attached hydrogen (secondary N) is 1. The molecule has 1 aromatic heterocycles. The molecular formula is C19H23N5O4S. The summed E-state index contributed by atoms with van der Waals surface area (Å²) in [7, 11) is -3.31. The molecule has 29 heavy (non-hydrogen) atoms. The molecule has 2 aromatic rings.